The molecule has 4 heterocycles. The molecule has 8 nitrogen and oxygen atoms in total. The molecule has 0 spiro atoms. The first-order valence-electron chi connectivity index (χ1n) is 13.9. The lowest BCUT2D eigenvalue weighted by Gasteiger charge is -2.42. The first-order valence-corrected chi connectivity index (χ1v) is 13.9. The molecule has 0 aliphatic carbocycles. The number of fused-ring (bicyclic) bond motifs is 1. The maximum absolute atomic E-state index is 12.9. The number of benzene rings is 1. The Labute approximate surface area is 228 Å². The van der Waals surface area contributed by atoms with Crippen LogP contribution in [0.5, 0.6) is 0 Å². The summed E-state index contributed by atoms with van der Waals surface area (Å²) in [5, 5.41) is 3.27. The molecule has 5 rings (SSSR count). The minimum Gasteiger partial charge on any atom is -0.373 e. The highest BCUT2D eigenvalue weighted by Gasteiger charge is 2.32. The number of likely N-dealkylation sites (tertiary alicyclic amines) is 1. The third kappa shape index (κ3) is 6.01. The van der Waals surface area contributed by atoms with Crippen LogP contribution in [0.3, 0.4) is 0 Å². The van der Waals surface area contributed by atoms with Gasteiger partial charge in [0.25, 0.3) is 5.91 Å². The predicted octanol–water partition coefficient (Wildman–Crippen LogP) is 4.33. The Morgan fingerprint density at radius 1 is 1.13 bits per heavy atom. The van der Waals surface area contributed by atoms with Crippen LogP contribution in [0.25, 0.3) is 22.3 Å². The Hall–Kier alpha value is -3.24. The fourth-order valence-corrected chi connectivity index (χ4v) is 5.87. The Balaban J connectivity index is 1.31. The molecule has 0 radical (unpaired) electrons. The number of pyridine rings is 1. The van der Waals surface area contributed by atoms with Crippen LogP contribution in [0.2, 0.25) is 0 Å². The number of hydrogen-bond acceptors (Lipinski definition) is 6. The maximum atomic E-state index is 12.9. The van der Waals surface area contributed by atoms with E-state index in [0.29, 0.717) is 29.3 Å². The number of ether oxygens (including phenoxy) is 1. The van der Waals surface area contributed by atoms with E-state index in [1.807, 2.05) is 6.07 Å². The van der Waals surface area contributed by atoms with Gasteiger partial charge in [-0.3, -0.25) is 9.78 Å². The molecule has 208 valence electrons. The van der Waals surface area contributed by atoms with Crippen LogP contribution in [-0.2, 0) is 9.53 Å². The summed E-state index contributed by atoms with van der Waals surface area (Å²) in [5.74, 6) is -0.0327. The first-order chi connectivity index (χ1) is 18.9. The van der Waals surface area contributed by atoms with Crippen LogP contribution in [0.4, 0.5) is 14.6 Å². The number of quaternary nitrogens is 1. The Bertz CT molecular complexity index is 1270. The standard InChI is InChI=1S/C29H37F2N6O2/c1-3-37(4-2)14-9-21(10-15-37)20-5-7-22(8-6-20)24-17-25-26(33-12-11-32-25)28(35-24)34-18-23-19-36(13-16-39-23)29(38)27(30)31/h5-8,11-12,17,21,23,27H,3-4,9-10,13-16,18-19H2,1-2H3,(H,34,35)/q+1/t23-/m1/s1. The van der Waals surface area contributed by atoms with Gasteiger partial charge in [-0.25, -0.2) is 9.97 Å². The van der Waals surface area contributed by atoms with Crippen LogP contribution in [0.1, 0.15) is 38.2 Å². The van der Waals surface area contributed by atoms with Gasteiger partial charge >= 0.3 is 6.43 Å². The van der Waals surface area contributed by atoms with E-state index in [1.54, 1.807) is 12.4 Å². The number of nitrogens with one attached hydrogen (secondary N) is 1. The van der Waals surface area contributed by atoms with Gasteiger partial charge in [-0.05, 0) is 31.4 Å². The zero-order chi connectivity index (χ0) is 27.4. The molecule has 0 bridgehead atoms. The summed E-state index contributed by atoms with van der Waals surface area (Å²) in [6.07, 6.45) is 2.22. The molecule has 10 heteroatoms. The van der Waals surface area contributed by atoms with Crippen molar-refractivity contribution in [1.29, 1.82) is 0 Å². The van der Waals surface area contributed by atoms with Crippen molar-refractivity contribution in [1.82, 2.24) is 19.9 Å². The number of hydrogen-bond donors (Lipinski definition) is 1. The average molecular weight is 540 g/mol. The Kier molecular flexibility index (Phi) is 8.32. The monoisotopic (exact) mass is 539 g/mol. The number of halogens is 2. The number of alkyl halides is 2. The van der Waals surface area contributed by atoms with E-state index in [0.717, 1.165) is 16.2 Å². The fraction of sp³-hybridized carbons (Fsp3) is 0.517. The smallest absolute Gasteiger partial charge is 0.315 e. The lowest BCUT2D eigenvalue weighted by atomic mass is 9.87. The quantitative estimate of drug-likeness (QED) is 0.430. The number of carbonyl (C=O) groups is 1. The number of anilines is 1. The summed E-state index contributed by atoms with van der Waals surface area (Å²) >= 11 is 0. The Morgan fingerprint density at radius 2 is 1.85 bits per heavy atom. The van der Waals surface area contributed by atoms with Gasteiger partial charge in [0.05, 0.1) is 50.1 Å². The van der Waals surface area contributed by atoms with Crippen molar-refractivity contribution in [2.24, 2.45) is 0 Å². The molecule has 2 fully saturated rings. The number of amides is 1. The lowest BCUT2D eigenvalue weighted by molar-refractivity contribution is -0.929. The highest BCUT2D eigenvalue weighted by atomic mass is 19.3. The van der Waals surface area contributed by atoms with E-state index >= 15 is 0 Å². The van der Waals surface area contributed by atoms with Crippen molar-refractivity contribution in [3.63, 3.8) is 0 Å². The largest absolute Gasteiger partial charge is 0.373 e. The highest BCUT2D eigenvalue weighted by molar-refractivity contribution is 5.88. The van der Waals surface area contributed by atoms with Crippen molar-refractivity contribution in [3.8, 4) is 11.3 Å². The molecule has 0 saturated carbocycles. The van der Waals surface area contributed by atoms with Crippen molar-refractivity contribution in [3.05, 3.63) is 48.3 Å². The molecule has 39 heavy (non-hydrogen) atoms. The molecule has 1 atom stereocenters. The SMILES string of the molecule is CC[N+]1(CC)CCC(c2ccc(-c3cc4nccnc4c(NC[C@@H]4CN(C(=O)C(F)F)CCO4)n3)cc2)CC1. The summed E-state index contributed by atoms with van der Waals surface area (Å²) in [5.41, 5.74) is 4.45. The minimum atomic E-state index is -3.01. The molecule has 2 aliphatic heterocycles. The lowest BCUT2D eigenvalue weighted by Crippen LogP contribution is -2.52. The van der Waals surface area contributed by atoms with Gasteiger partial charge in [0.15, 0.2) is 5.82 Å². The van der Waals surface area contributed by atoms with Crippen LogP contribution in [0.15, 0.2) is 42.7 Å². The molecule has 3 aromatic rings. The second-order valence-corrected chi connectivity index (χ2v) is 10.6. The summed E-state index contributed by atoms with van der Waals surface area (Å²) in [7, 11) is 0. The number of aromatic nitrogens is 3. The molecule has 2 aliphatic rings. The van der Waals surface area contributed by atoms with Crippen LogP contribution in [-0.4, -0.2) is 95.2 Å². The van der Waals surface area contributed by atoms with Gasteiger partial charge < -0.3 is 19.4 Å². The number of nitrogens with zero attached hydrogens (tertiary/aromatic N) is 5. The fourth-order valence-electron chi connectivity index (χ4n) is 5.87. The molecule has 0 unspecified atom stereocenters. The van der Waals surface area contributed by atoms with Gasteiger partial charge in [-0.15, -0.1) is 0 Å². The van der Waals surface area contributed by atoms with E-state index in [-0.39, 0.29) is 19.7 Å². The number of morpholine rings is 1. The average Bonchev–Trinajstić information content (AvgIpc) is 2.99. The van der Waals surface area contributed by atoms with E-state index < -0.39 is 18.4 Å². The second-order valence-electron chi connectivity index (χ2n) is 10.6. The third-order valence-corrected chi connectivity index (χ3v) is 8.51. The molecule has 1 N–H and O–H groups in total. The van der Waals surface area contributed by atoms with Gasteiger partial charge in [0.2, 0.25) is 0 Å². The van der Waals surface area contributed by atoms with Crippen molar-refractivity contribution in [2.75, 3.05) is 57.7 Å². The van der Waals surface area contributed by atoms with E-state index in [2.05, 4.69) is 53.4 Å². The van der Waals surface area contributed by atoms with Crippen molar-refractivity contribution >= 4 is 22.8 Å². The highest BCUT2D eigenvalue weighted by Crippen LogP contribution is 2.33. The van der Waals surface area contributed by atoms with Crippen LogP contribution in [0, 0.1) is 0 Å². The van der Waals surface area contributed by atoms with E-state index in [1.165, 1.54) is 49.1 Å². The zero-order valence-electron chi connectivity index (χ0n) is 22.7. The van der Waals surface area contributed by atoms with Crippen molar-refractivity contribution < 1.29 is 22.8 Å². The van der Waals surface area contributed by atoms with Gasteiger partial charge in [0, 0.05) is 50.4 Å². The van der Waals surface area contributed by atoms with E-state index in [4.69, 9.17) is 9.72 Å². The number of piperidine rings is 1. The number of carbonyl (C=O) groups excluding carboxylic acids is 1. The summed E-state index contributed by atoms with van der Waals surface area (Å²) < 4.78 is 32.7. The maximum Gasteiger partial charge on any atom is 0.315 e. The first kappa shape index (κ1) is 27.3. The molecule has 2 saturated heterocycles. The summed E-state index contributed by atoms with van der Waals surface area (Å²) in [4.78, 5) is 26.7. The summed E-state index contributed by atoms with van der Waals surface area (Å²) in [6, 6.07) is 10.6. The van der Waals surface area contributed by atoms with Crippen LogP contribution >= 0.6 is 0 Å². The molecular weight excluding hydrogens is 502 g/mol. The normalized spacial score (nSPS) is 19.9. The zero-order valence-corrected chi connectivity index (χ0v) is 22.7. The molecule has 1 aromatic carbocycles. The molecular formula is C29H37F2N6O2+. The second kappa shape index (κ2) is 11.9. The Morgan fingerprint density at radius 3 is 2.54 bits per heavy atom. The van der Waals surface area contributed by atoms with Gasteiger partial charge in [-0.1, -0.05) is 24.3 Å². The third-order valence-electron chi connectivity index (χ3n) is 8.51. The number of rotatable bonds is 8. The minimum absolute atomic E-state index is 0.0958. The molecule has 1 amide bonds. The molecule has 2 aromatic heterocycles. The van der Waals surface area contributed by atoms with E-state index in [9.17, 15) is 13.6 Å². The summed E-state index contributed by atoms with van der Waals surface area (Å²) in [6.45, 7) is 10.2. The van der Waals surface area contributed by atoms with Crippen LogP contribution < -0.4 is 5.32 Å². The van der Waals surface area contributed by atoms with Gasteiger partial charge in [0.1, 0.15) is 5.52 Å². The topological polar surface area (TPSA) is 80.2 Å². The van der Waals surface area contributed by atoms with Gasteiger partial charge in [-0.2, -0.15) is 8.78 Å². The van der Waals surface area contributed by atoms with Crippen molar-refractivity contribution in [2.45, 2.75) is 45.1 Å². The predicted molar refractivity (Wildman–Crippen MR) is 147 cm³/mol.